The van der Waals surface area contributed by atoms with Crippen LogP contribution in [0.3, 0.4) is 0 Å². The quantitative estimate of drug-likeness (QED) is 0.816. The number of carbonyl (C=O) groups is 1. The number of rotatable bonds is 7. The van der Waals surface area contributed by atoms with Gasteiger partial charge in [0.15, 0.2) is 0 Å². The Morgan fingerprint density at radius 3 is 2.74 bits per heavy atom. The molecule has 0 radical (unpaired) electrons. The number of halogens is 2. The van der Waals surface area contributed by atoms with Crippen LogP contribution < -0.4 is 10.1 Å². The van der Waals surface area contributed by atoms with Crippen LogP contribution in [-0.2, 0) is 17.8 Å². The van der Waals surface area contributed by atoms with Gasteiger partial charge in [-0.15, -0.1) is 0 Å². The molecule has 0 aromatic heterocycles. The van der Waals surface area contributed by atoms with E-state index in [0.717, 1.165) is 5.56 Å². The number of ether oxygens (including phenoxy) is 1. The van der Waals surface area contributed by atoms with Gasteiger partial charge in [0.1, 0.15) is 18.2 Å². The van der Waals surface area contributed by atoms with Crippen molar-refractivity contribution in [3.63, 3.8) is 0 Å². The molecule has 2 N–H and O–H groups in total. The van der Waals surface area contributed by atoms with E-state index in [1.165, 1.54) is 12.1 Å². The summed E-state index contributed by atoms with van der Waals surface area (Å²) in [4.78, 5) is 12.0. The topological polar surface area (TPSA) is 58.6 Å². The first-order chi connectivity index (χ1) is 11.1. The number of benzene rings is 2. The molecule has 4 nitrogen and oxygen atoms in total. The maximum absolute atomic E-state index is 13.7. The Bertz CT molecular complexity index is 658. The smallest absolute Gasteiger partial charge is 0.224 e. The standard InChI is InChI=1S/C17H17ClFNO3/c18-14-5-3-6-15(19)13(14)10-17(22)20-11-12-4-1-2-7-16(12)23-9-8-21/h1-7,21H,8-11H2,(H,20,22). The fraction of sp³-hybridized carbons (Fsp3) is 0.235. The lowest BCUT2D eigenvalue weighted by atomic mass is 10.1. The average molecular weight is 338 g/mol. The molecule has 0 aliphatic carbocycles. The first kappa shape index (κ1) is 17.2. The molecule has 23 heavy (non-hydrogen) atoms. The Morgan fingerprint density at radius 2 is 2.00 bits per heavy atom. The minimum absolute atomic E-state index is 0.0908. The van der Waals surface area contributed by atoms with E-state index >= 15 is 0 Å². The van der Waals surface area contributed by atoms with Gasteiger partial charge in [-0.05, 0) is 18.2 Å². The highest BCUT2D eigenvalue weighted by molar-refractivity contribution is 6.31. The molecule has 6 heteroatoms. The summed E-state index contributed by atoms with van der Waals surface area (Å²) in [5, 5.41) is 11.8. The van der Waals surface area contributed by atoms with E-state index in [1.807, 2.05) is 12.1 Å². The Morgan fingerprint density at radius 1 is 1.22 bits per heavy atom. The normalized spacial score (nSPS) is 10.4. The van der Waals surface area contributed by atoms with Crippen LogP contribution in [0.25, 0.3) is 0 Å². The highest BCUT2D eigenvalue weighted by atomic mass is 35.5. The van der Waals surface area contributed by atoms with Crippen LogP contribution in [0.4, 0.5) is 4.39 Å². The second-order valence-electron chi connectivity index (χ2n) is 4.83. The lowest BCUT2D eigenvalue weighted by molar-refractivity contribution is -0.120. The number of aliphatic hydroxyl groups excluding tert-OH is 1. The van der Waals surface area contributed by atoms with Crippen LogP contribution in [0.2, 0.25) is 5.02 Å². The van der Waals surface area contributed by atoms with E-state index in [9.17, 15) is 9.18 Å². The summed E-state index contributed by atoms with van der Waals surface area (Å²) in [6.45, 7) is 0.328. The van der Waals surface area contributed by atoms with Crippen molar-refractivity contribution in [2.24, 2.45) is 0 Å². The number of aliphatic hydroxyl groups is 1. The van der Waals surface area contributed by atoms with E-state index in [-0.39, 0.29) is 42.7 Å². The Balaban J connectivity index is 1.97. The average Bonchev–Trinajstić information content (AvgIpc) is 2.55. The van der Waals surface area contributed by atoms with E-state index in [2.05, 4.69) is 5.32 Å². The lowest BCUT2D eigenvalue weighted by Gasteiger charge is -2.12. The molecule has 122 valence electrons. The molecule has 0 bridgehead atoms. The second-order valence-corrected chi connectivity index (χ2v) is 5.24. The molecular formula is C17H17ClFNO3. The fourth-order valence-electron chi connectivity index (χ4n) is 2.06. The van der Waals surface area contributed by atoms with Gasteiger partial charge in [0.2, 0.25) is 5.91 Å². The zero-order chi connectivity index (χ0) is 16.7. The number of nitrogens with one attached hydrogen (secondary N) is 1. The molecule has 0 aliphatic heterocycles. The molecule has 2 rings (SSSR count). The van der Waals surface area contributed by atoms with Crippen molar-refractivity contribution in [3.8, 4) is 5.75 Å². The van der Waals surface area contributed by atoms with E-state index in [1.54, 1.807) is 18.2 Å². The maximum Gasteiger partial charge on any atom is 0.224 e. The molecule has 0 spiro atoms. The molecule has 2 aromatic carbocycles. The number of hydrogen-bond donors (Lipinski definition) is 2. The summed E-state index contributed by atoms with van der Waals surface area (Å²) >= 11 is 5.91. The third-order valence-electron chi connectivity index (χ3n) is 3.20. The zero-order valence-corrected chi connectivity index (χ0v) is 13.1. The molecule has 1 amide bonds. The van der Waals surface area contributed by atoms with Crippen molar-refractivity contribution >= 4 is 17.5 Å². The molecular weight excluding hydrogens is 321 g/mol. The van der Waals surface area contributed by atoms with Crippen molar-refractivity contribution in [2.45, 2.75) is 13.0 Å². The zero-order valence-electron chi connectivity index (χ0n) is 12.4. The molecule has 2 aromatic rings. The SMILES string of the molecule is O=C(Cc1c(F)cccc1Cl)NCc1ccccc1OCCO. The van der Waals surface area contributed by atoms with Gasteiger partial charge in [-0.25, -0.2) is 4.39 Å². The van der Waals surface area contributed by atoms with Crippen molar-refractivity contribution in [2.75, 3.05) is 13.2 Å². The fourth-order valence-corrected chi connectivity index (χ4v) is 2.29. The lowest BCUT2D eigenvalue weighted by Crippen LogP contribution is -2.25. The monoisotopic (exact) mass is 337 g/mol. The Kier molecular flexibility index (Phi) is 6.38. The number of hydrogen-bond acceptors (Lipinski definition) is 3. The van der Waals surface area contributed by atoms with E-state index in [4.69, 9.17) is 21.4 Å². The van der Waals surface area contributed by atoms with E-state index < -0.39 is 5.82 Å². The summed E-state index contributed by atoms with van der Waals surface area (Å²) in [7, 11) is 0. The summed E-state index contributed by atoms with van der Waals surface area (Å²) in [6.07, 6.45) is -0.134. The van der Waals surface area contributed by atoms with Crippen molar-refractivity contribution in [3.05, 3.63) is 64.4 Å². The van der Waals surface area contributed by atoms with Crippen LogP contribution in [0.1, 0.15) is 11.1 Å². The van der Waals surface area contributed by atoms with Gasteiger partial charge in [0.25, 0.3) is 0 Å². The minimum atomic E-state index is -0.501. The van der Waals surface area contributed by atoms with Crippen LogP contribution in [0, 0.1) is 5.82 Å². The molecule has 0 unspecified atom stereocenters. The first-order valence-corrected chi connectivity index (χ1v) is 7.50. The third-order valence-corrected chi connectivity index (χ3v) is 3.55. The Hall–Kier alpha value is -2.11. The van der Waals surface area contributed by atoms with Gasteiger partial charge in [0.05, 0.1) is 13.0 Å². The van der Waals surface area contributed by atoms with Crippen LogP contribution in [-0.4, -0.2) is 24.2 Å². The van der Waals surface area contributed by atoms with Crippen molar-refractivity contribution < 1.29 is 19.0 Å². The first-order valence-electron chi connectivity index (χ1n) is 7.13. The Labute approximate surface area is 138 Å². The predicted molar refractivity (Wildman–Crippen MR) is 86.0 cm³/mol. The summed E-state index contributed by atoms with van der Waals surface area (Å²) in [6, 6.07) is 11.5. The van der Waals surface area contributed by atoms with E-state index in [0.29, 0.717) is 5.75 Å². The van der Waals surface area contributed by atoms with Gasteiger partial charge in [-0.1, -0.05) is 35.9 Å². The molecule has 0 saturated carbocycles. The van der Waals surface area contributed by atoms with Crippen molar-refractivity contribution in [1.29, 1.82) is 0 Å². The largest absolute Gasteiger partial charge is 0.491 e. The van der Waals surface area contributed by atoms with Gasteiger partial charge >= 0.3 is 0 Å². The van der Waals surface area contributed by atoms with Crippen LogP contribution in [0.5, 0.6) is 5.75 Å². The highest BCUT2D eigenvalue weighted by Crippen LogP contribution is 2.20. The van der Waals surface area contributed by atoms with Gasteiger partial charge in [0, 0.05) is 22.7 Å². The molecule has 0 aliphatic rings. The van der Waals surface area contributed by atoms with Gasteiger partial charge in [-0.2, -0.15) is 0 Å². The number of para-hydroxylation sites is 1. The van der Waals surface area contributed by atoms with Gasteiger partial charge < -0.3 is 15.2 Å². The summed E-state index contributed by atoms with van der Waals surface area (Å²) < 4.78 is 19.1. The third kappa shape index (κ3) is 4.94. The maximum atomic E-state index is 13.7. The van der Waals surface area contributed by atoms with Crippen LogP contribution >= 0.6 is 11.6 Å². The molecule has 0 heterocycles. The number of carbonyl (C=O) groups excluding carboxylic acids is 1. The van der Waals surface area contributed by atoms with Gasteiger partial charge in [-0.3, -0.25) is 4.79 Å². The summed E-state index contributed by atoms with van der Waals surface area (Å²) in [5.41, 5.74) is 0.949. The molecule has 0 atom stereocenters. The summed E-state index contributed by atoms with van der Waals surface area (Å²) in [5.74, 6) is -0.251. The highest BCUT2D eigenvalue weighted by Gasteiger charge is 2.12. The predicted octanol–water partition coefficient (Wildman–Crippen LogP) is 2.71. The van der Waals surface area contributed by atoms with Crippen molar-refractivity contribution in [1.82, 2.24) is 5.32 Å². The molecule has 0 saturated heterocycles. The molecule has 0 fully saturated rings. The van der Waals surface area contributed by atoms with Crippen LogP contribution in [0.15, 0.2) is 42.5 Å². The second kappa shape index (κ2) is 8.50. The number of amides is 1. The minimum Gasteiger partial charge on any atom is -0.491 e.